The maximum atomic E-state index is 11.3. The van der Waals surface area contributed by atoms with Crippen molar-refractivity contribution in [2.45, 2.75) is 13.5 Å². The van der Waals surface area contributed by atoms with Gasteiger partial charge < -0.3 is 15.6 Å². The quantitative estimate of drug-likeness (QED) is 0.642. The molecule has 2 aromatic rings. The summed E-state index contributed by atoms with van der Waals surface area (Å²) in [5.74, 6) is -0.623. The molecule has 0 amide bonds. The van der Waals surface area contributed by atoms with Crippen molar-refractivity contribution < 1.29 is 14.6 Å². The van der Waals surface area contributed by atoms with Crippen LogP contribution in [0.1, 0.15) is 17.4 Å². The van der Waals surface area contributed by atoms with E-state index in [0.717, 1.165) is 5.57 Å². The van der Waals surface area contributed by atoms with Gasteiger partial charge in [-0.05, 0) is 25.1 Å². The first-order valence-corrected chi connectivity index (χ1v) is 6.19. The van der Waals surface area contributed by atoms with E-state index in [1.54, 1.807) is 18.2 Å². The van der Waals surface area contributed by atoms with Crippen molar-refractivity contribution in [2.75, 3.05) is 12.8 Å². The van der Waals surface area contributed by atoms with E-state index in [1.165, 1.54) is 11.8 Å². The number of methoxy groups -OCH3 is 1. The molecule has 3 N–H and O–H groups in total. The number of allylic oxidation sites excluding steroid dienone is 1. The first-order chi connectivity index (χ1) is 9.93. The van der Waals surface area contributed by atoms with Crippen LogP contribution in [0.4, 0.5) is 5.69 Å². The molecular formula is C14H16N4O3. The summed E-state index contributed by atoms with van der Waals surface area (Å²) in [6.07, 6.45) is 0. The normalized spacial score (nSPS) is 10.4. The van der Waals surface area contributed by atoms with Crippen LogP contribution in [0, 0.1) is 0 Å². The number of hydrogen-bond donors (Lipinski definition) is 2. The van der Waals surface area contributed by atoms with E-state index in [1.807, 2.05) is 6.92 Å². The molecule has 7 heteroatoms. The number of nitrogens with two attached hydrogens (primary N) is 1. The van der Waals surface area contributed by atoms with Crippen LogP contribution < -0.4 is 10.5 Å². The fraction of sp³-hybridized carbons (Fsp3) is 0.214. The first-order valence-electron chi connectivity index (χ1n) is 6.19. The zero-order valence-electron chi connectivity index (χ0n) is 11.8. The third-order valence-corrected chi connectivity index (χ3v) is 2.86. The molecule has 0 unspecified atom stereocenters. The lowest BCUT2D eigenvalue weighted by atomic mass is 10.1. The van der Waals surface area contributed by atoms with E-state index >= 15 is 0 Å². The molecule has 0 aliphatic heterocycles. The molecule has 7 nitrogen and oxygen atoms in total. The van der Waals surface area contributed by atoms with Gasteiger partial charge in [0, 0.05) is 5.56 Å². The summed E-state index contributed by atoms with van der Waals surface area (Å²) in [5.41, 5.74) is 7.99. The molecular weight excluding hydrogens is 272 g/mol. The number of anilines is 1. The maximum absolute atomic E-state index is 11.3. The van der Waals surface area contributed by atoms with Crippen LogP contribution in [0.15, 0.2) is 30.4 Å². The van der Waals surface area contributed by atoms with Crippen molar-refractivity contribution in [1.82, 2.24) is 15.0 Å². The van der Waals surface area contributed by atoms with Crippen LogP contribution in [0.25, 0.3) is 11.3 Å². The molecule has 1 aromatic carbocycles. The highest BCUT2D eigenvalue weighted by molar-refractivity contribution is 5.93. The van der Waals surface area contributed by atoms with E-state index in [2.05, 4.69) is 16.9 Å². The Hall–Kier alpha value is -2.83. The number of aromatic carboxylic acids is 1. The molecule has 110 valence electrons. The largest absolute Gasteiger partial charge is 0.495 e. The summed E-state index contributed by atoms with van der Waals surface area (Å²) < 4.78 is 6.59. The zero-order chi connectivity index (χ0) is 15.6. The molecule has 0 spiro atoms. The Bertz CT molecular complexity index is 706. The van der Waals surface area contributed by atoms with Gasteiger partial charge in [-0.2, -0.15) is 0 Å². The number of aromatic nitrogens is 3. The lowest BCUT2D eigenvalue weighted by molar-refractivity contribution is 0.0691. The van der Waals surface area contributed by atoms with Crippen LogP contribution in [-0.2, 0) is 6.54 Å². The molecule has 0 saturated heterocycles. The standard InChI is InChI=1S/C14H16N4O3/c1-8(2)7-18-13(12(14(19)20)16-17-18)9-4-5-11(21-3)10(15)6-9/h4-6H,1,7,15H2,2-3H3,(H,19,20). The number of carbonyl (C=O) groups is 1. The van der Waals surface area contributed by atoms with Crippen LogP contribution in [-0.4, -0.2) is 33.2 Å². The van der Waals surface area contributed by atoms with Gasteiger partial charge in [0.1, 0.15) is 11.4 Å². The molecule has 0 atom stereocenters. The van der Waals surface area contributed by atoms with Gasteiger partial charge in [-0.3, -0.25) is 0 Å². The number of carboxylic acids is 1. The lowest BCUT2D eigenvalue weighted by Crippen LogP contribution is -2.06. The smallest absolute Gasteiger partial charge is 0.358 e. The Kier molecular flexibility index (Phi) is 3.93. The second-order valence-electron chi connectivity index (χ2n) is 4.66. The fourth-order valence-electron chi connectivity index (χ4n) is 1.99. The predicted molar refractivity (Wildman–Crippen MR) is 78.2 cm³/mol. The average molecular weight is 288 g/mol. The fourth-order valence-corrected chi connectivity index (χ4v) is 1.99. The molecule has 0 fully saturated rings. The Morgan fingerprint density at radius 2 is 2.24 bits per heavy atom. The lowest BCUT2D eigenvalue weighted by Gasteiger charge is -2.10. The van der Waals surface area contributed by atoms with Gasteiger partial charge in [-0.25, -0.2) is 9.48 Å². The number of benzene rings is 1. The molecule has 0 aliphatic rings. The number of rotatable bonds is 5. The monoisotopic (exact) mass is 288 g/mol. The van der Waals surface area contributed by atoms with Crippen molar-refractivity contribution >= 4 is 11.7 Å². The van der Waals surface area contributed by atoms with Crippen molar-refractivity contribution in [3.05, 3.63) is 36.0 Å². The first kappa shape index (κ1) is 14.6. The van der Waals surface area contributed by atoms with Crippen LogP contribution in [0.2, 0.25) is 0 Å². The molecule has 0 aliphatic carbocycles. The van der Waals surface area contributed by atoms with Gasteiger partial charge in [0.2, 0.25) is 0 Å². The highest BCUT2D eigenvalue weighted by Gasteiger charge is 2.21. The van der Waals surface area contributed by atoms with Crippen LogP contribution in [0.3, 0.4) is 0 Å². The SMILES string of the molecule is C=C(C)Cn1nnc(C(=O)O)c1-c1ccc(OC)c(N)c1. The summed E-state index contributed by atoms with van der Waals surface area (Å²) >= 11 is 0. The molecule has 0 bridgehead atoms. The molecule has 0 saturated carbocycles. The van der Waals surface area contributed by atoms with Crippen LogP contribution >= 0.6 is 0 Å². The summed E-state index contributed by atoms with van der Waals surface area (Å²) in [4.78, 5) is 11.3. The zero-order valence-corrected chi connectivity index (χ0v) is 11.8. The minimum atomic E-state index is -1.15. The topological polar surface area (TPSA) is 103 Å². The number of nitrogen functional groups attached to an aromatic ring is 1. The number of hydrogen-bond acceptors (Lipinski definition) is 5. The minimum Gasteiger partial charge on any atom is -0.495 e. The van der Waals surface area contributed by atoms with Crippen molar-refractivity contribution in [3.63, 3.8) is 0 Å². The highest BCUT2D eigenvalue weighted by Crippen LogP contribution is 2.30. The molecule has 21 heavy (non-hydrogen) atoms. The van der Waals surface area contributed by atoms with Gasteiger partial charge in [0.05, 0.1) is 19.3 Å². The van der Waals surface area contributed by atoms with E-state index < -0.39 is 5.97 Å². The van der Waals surface area contributed by atoms with Gasteiger partial charge in [-0.15, -0.1) is 5.10 Å². The summed E-state index contributed by atoms with van der Waals surface area (Å²) in [5, 5.41) is 16.8. The number of ether oxygens (including phenoxy) is 1. The van der Waals surface area contributed by atoms with E-state index in [4.69, 9.17) is 10.5 Å². The molecule has 1 aromatic heterocycles. The Balaban J connectivity index is 2.59. The van der Waals surface area contributed by atoms with Gasteiger partial charge in [0.25, 0.3) is 0 Å². The minimum absolute atomic E-state index is 0.124. The van der Waals surface area contributed by atoms with E-state index in [0.29, 0.717) is 29.2 Å². The van der Waals surface area contributed by atoms with Crippen molar-refractivity contribution in [3.8, 4) is 17.0 Å². The molecule has 0 radical (unpaired) electrons. The molecule has 1 heterocycles. The second-order valence-corrected chi connectivity index (χ2v) is 4.66. The summed E-state index contributed by atoms with van der Waals surface area (Å²) in [6, 6.07) is 5.03. The van der Waals surface area contributed by atoms with Crippen LogP contribution in [0.5, 0.6) is 5.75 Å². The Labute approximate surface area is 121 Å². The second kappa shape index (κ2) is 5.66. The van der Waals surface area contributed by atoms with Crippen molar-refractivity contribution in [2.24, 2.45) is 0 Å². The average Bonchev–Trinajstić information content (AvgIpc) is 2.81. The number of carboxylic acid groups (broad SMARTS) is 1. The third-order valence-electron chi connectivity index (χ3n) is 2.86. The summed E-state index contributed by atoms with van der Waals surface area (Å²) in [7, 11) is 1.51. The third kappa shape index (κ3) is 2.86. The summed E-state index contributed by atoms with van der Waals surface area (Å²) in [6.45, 7) is 6.01. The van der Waals surface area contributed by atoms with Crippen molar-refractivity contribution in [1.29, 1.82) is 0 Å². The van der Waals surface area contributed by atoms with Gasteiger partial charge in [0.15, 0.2) is 5.69 Å². The number of nitrogens with zero attached hydrogens (tertiary/aromatic N) is 3. The Morgan fingerprint density at radius 1 is 1.52 bits per heavy atom. The maximum Gasteiger partial charge on any atom is 0.358 e. The van der Waals surface area contributed by atoms with E-state index in [9.17, 15) is 9.90 Å². The van der Waals surface area contributed by atoms with E-state index in [-0.39, 0.29) is 5.69 Å². The van der Waals surface area contributed by atoms with Gasteiger partial charge in [-0.1, -0.05) is 17.4 Å². The Morgan fingerprint density at radius 3 is 2.76 bits per heavy atom. The predicted octanol–water partition coefficient (Wildman–Crippen LogP) is 1.81. The highest BCUT2D eigenvalue weighted by atomic mass is 16.5. The molecule has 2 rings (SSSR count). The van der Waals surface area contributed by atoms with Gasteiger partial charge >= 0.3 is 5.97 Å².